The first-order valence-electron chi connectivity index (χ1n) is 7.91. The summed E-state index contributed by atoms with van der Waals surface area (Å²) < 4.78 is 4.81. The van der Waals surface area contributed by atoms with Crippen molar-refractivity contribution >= 4 is 12.1 Å². The van der Waals surface area contributed by atoms with Crippen molar-refractivity contribution in [3.8, 4) is 0 Å². The first-order chi connectivity index (χ1) is 11.3. The van der Waals surface area contributed by atoms with Crippen LogP contribution in [-0.2, 0) is 9.57 Å². The lowest BCUT2D eigenvalue weighted by Crippen LogP contribution is -2.28. The maximum Gasteiger partial charge on any atom is 0.441 e. The van der Waals surface area contributed by atoms with Gasteiger partial charge in [0.05, 0.1) is 11.7 Å². The minimum absolute atomic E-state index is 0.0211. The quantitative estimate of drug-likeness (QED) is 0.616. The Kier molecular flexibility index (Phi) is 7.98. The first-order valence-corrected chi connectivity index (χ1v) is 7.91. The van der Waals surface area contributed by atoms with E-state index in [0.717, 1.165) is 23.1 Å². The number of rotatable bonds is 6. The van der Waals surface area contributed by atoms with Crippen LogP contribution in [0.1, 0.15) is 46.8 Å². The van der Waals surface area contributed by atoms with Crippen LogP contribution in [0.4, 0.5) is 4.79 Å². The molecule has 0 heterocycles. The number of ether oxygens (including phenoxy) is 1. The third-order valence-corrected chi connectivity index (χ3v) is 3.36. The van der Waals surface area contributed by atoms with E-state index in [1.165, 1.54) is 6.08 Å². The van der Waals surface area contributed by atoms with Crippen LogP contribution >= 0.6 is 0 Å². The van der Waals surface area contributed by atoms with E-state index in [1.54, 1.807) is 19.9 Å². The number of hydrogen-bond donors (Lipinski definition) is 2. The molecule has 0 spiro atoms. The van der Waals surface area contributed by atoms with Gasteiger partial charge in [-0.1, -0.05) is 37.1 Å². The van der Waals surface area contributed by atoms with Crippen molar-refractivity contribution < 1.29 is 24.3 Å². The molecule has 1 rings (SSSR count). The van der Waals surface area contributed by atoms with Gasteiger partial charge < -0.3 is 14.7 Å². The monoisotopic (exact) mass is 335 g/mol. The molecule has 1 amide bonds. The zero-order valence-electron chi connectivity index (χ0n) is 14.6. The van der Waals surface area contributed by atoms with Crippen LogP contribution in [0.2, 0.25) is 0 Å². The predicted molar refractivity (Wildman–Crippen MR) is 90.6 cm³/mol. The standard InChI is InChI=1S/C18H25NO5/c1-5-7-15(20)8-6-9-23-18(22)19-24-17(21)16-13(3)10-12(2)11-14(16)4/h6,8,10-11,15,20H,5,7,9H2,1-4H3,(H,19,22)/b8-6-. The fourth-order valence-electron chi connectivity index (χ4n) is 2.40. The van der Waals surface area contributed by atoms with Crippen LogP contribution in [0, 0.1) is 20.8 Å². The van der Waals surface area contributed by atoms with Crippen LogP contribution in [0.5, 0.6) is 0 Å². The van der Waals surface area contributed by atoms with Crippen LogP contribution in [0.25, 0.3) is 0 Å². The van der Waals surface area contributed by atoms with E-state index in [0.29, 0.717) is 12.0 Å². The highest BCUT2D eigenvalue weighted by atomic mass is 16.7. The Balaban J connectivity index is 2.43. The smallest absolute Gasteiger partial charge is 0.441 e. The lowest BCUT2D eigenvalue weighted by Gasteiger charge is -2.11. The second kappa shape index (κ2) is 9.72. The van der Waals surface area contributed by atoms with Crippen molar-refractivity contribution in [3.63, 3.8) is 0 Å². The minimum atomic E-state index is -0.875. The number of nitrogens with one attached hydrogen (secondary N) is 1. The van der Waals surface area contributed by atoms with Crippen molar-refractivity contribution in [1.82, 2.24) is 5.48 Å². The van der Waals surface area contributed by atoms with E-state index >= 15 is 0 Å². The number of aliphatic hydroxyl groups is 1. The summed E-state index contributed by atoms with van der Waals surface area (Å²) in [6.45, 7) is 7.50. The summed E-state index contributed by atoms with van der Waals surface area (Å²) in [5.41, 5.74) is 4.98. The summed E-state index contributed by atoms with van der Waals surface area (Å²) in [5.74, 6) is -0.643. The van der Waals surface area contributed by atoms with Crippen LogP contribution in [-0.4, -0.2) is 29.9 Å². The zero-order valence-corrected chi connectivity index (χ0v) is 14.6. The lowest BCUT2D eigenvalue weighted by atomic mass is 10.0. The fraction of sp³-hybridized carbons (Fsp3) is 0.444. The number of amides is 1. The number of benzene rings is 1. The van der Waals surface area contributed by atoms with E-state index < -0.39 is 18.2 Å². The fourth-order valence-corrected chi connectivity index (χ4v) is 2.40. The van der Waals surface area contributed by atoms with Gasteiger partial charge in [0.1, 0.15) is 6.61 Å². The normalized spacial score (nSPS) is 12.0. The molecule has 0 fully saturated rings. The second-order valence-corrected chi connectivity index (χ2v) is 5.65. The zero-order chi connectivity index (χ0) is 18.1. The van der Waals surface area contributed by atoms with Crippen LogP contribution in [0.3, 0.4) is 0 Å². The Morgan fingerprint density at radius 3 is 2.46 bits per heavy atom. The third kappa shape index (κ3) is 6.42. The molecule has 6 nitrogen and oxygen atoms in total. The van der Waals surface area contributed by atoms with Crippen molar-refractivity contribution in [2.24, 2.45) is 0 Å². The van der Waals surface area contributed by atoms with Crippen LogP contribution in [0.15, 0.2) is 24.3 Å². The summed E-state index contributed by atoms with van der Waals surface area (Å²) in [7, 11) is 0. The SMILES string of the molecule is CCCC(O)/C=C\COC(=O)NOC(=O)c1c(C)cc(C)cc1C. The minimum Gasteiger partial charge on any atom is -0.443 e. The van der Waals surface area contributed by atoms with Crippen molar-refractivity contribution in [2.45, 2.75) is 46.6 Å². The Morgan fingerprint density at radius 2 is 1.88 bits per heavy atom. The summed E-state index contributed by atoms with van der Waals surface area (Å²) in [5, 5.41) is 9.48. The second-order valence-electron chi connectivity index (χ2n) is 5.65. The molecule has 0 aliphatic heterocycles. The van der Waals surface area contributed by atoms with Gasteiger partial charge >= 0.3 is 12.1 Å². The molecular formula is C18H25NO5. The molecule has 6 heteroatoms. The molecule has 1 aromatic rings. The molecule has 0 aromatic heterocycles. The molecule has 24 heavy (non-hydrogen) atoms. The molecule has 132 valence electrons. The summed E-state index contributed by atoms with van der Waals surface area (Å²) in [4.78, 5) is 28.3. The third-order valence-electron chi connectivity index (χ3n) is 3.36. The highest BCUT2D eigenvalue weighted by Gasteiger charge is 2.16. The molecule has 0 saturated heterocycles. The molecule has 0 radical (unpaired) electrons. The van der Waals surface area contributed by atoms with Crippen molar-refractivity contribution in [2.75, 3.05) is 6.61 Å². The van der Waals surface area contributed by atoms with Gasteiger partial charge in [0.2, 0.25) is 0 Å². The van der Waals surface area contributed by atoms with Crippen molar-refractivity contribution in [3.05, 3.63) is 46.5 Å². The van der Waals surface area contributed by atoms with Gasteiger partial charge in [-0.15, -0.1) is 5.48 Å². The molecule has 0 bridgehead atoms. The number of aliphatic hydroxyl groups excluding tert-OH is 1. The number of carbonyl (C=O) groups is 2. The average molecular weight is 335 g/mol. The van der Waals surface area contributed by atoms with E-state index in [1.807, 2.05) is 31.5 Å². The Labute approximate surface area is 142 Å². The molecule has 2 N–H and O–H groups in total. The lowest BCUT2D eigenvalue weighted by molar-refractivity contribution is 0.0221. The summed E-state index contributed by atoms with van der Waals surface area (Å²) in [6.07, 6.45) is 3.18. The number of hydroxylamine groups is 1. The van der Waals surface area contributed by atoms with Gasteiger partial charge in [-0.2, -0.15) is 0 Å². The van der Waals surface area contributed by atoms with Crippen LogP contribution < -0.4 is 5.48 Å². The Morgan fingerprint density at radius 1 is 1.25 bits per heavy atom. The number of carbonyl (C=O) groups excluding carboxylic acids is 2. The highest BCUT2D eigenvalue weighted by Crippen LogP contribution is 2.17. The molecule has 1 aromatic carbocycles. The predicted octanol–water partition coefficient (Wildman–Crippen LogP) is 3.13. The maximum atomic E-state index is 12.1. The first kappa shape index (κ1) is 19.7. The molecule has 0 aliphatic rings. The van der Waals surface area contributed by atoms with E-state index in [9.17, 15) is 14.7 Å². The molecule has 1 unspecified atom stereocenters. The van der Waals surface area contributed by atoms with Gasteiger partial charge in [-0.25, -0.2) is 9.59 Å². The Bertz CT molecular complexity index is 586. The Hall–Kier alpha value is -2.34. The van der Waals surface area contributed by atoms with Gasteiger partial charge in [-0.3, -0.25) is 0 Å². The average Bonchev–Trinajstić information content (AvgIpc) is 2.48. The largest absolute Gasteiger partial charge is 0.443 e. The molecular weight excluding hydrogens is 310 g/mol. The van der Waals surface area contributed by atoms with E-state index in [4.69, 9.17) is 9.57 Å². The summed E-state index contributed by atoms with van der Waals surface area (Å²) in [6, 6.07) is 3.74. The van der Waals surface area contributed by atoms with Gasteiger partial charge in [0, 0.05) is 0 Å². The maximum absolute atomic E-state index is 12.1. The molecule has 1 atom stereocenters. The molecule has 0 saturated carbocycles. The number of aryl methyl sites for hydroxylation is 3. The van der Waals surface area contributed by atoms with Gasteiger partial charge in [0.25, 0.3) is 0 Å². The van der Waals surface area contributed by atoms with Gasteiger partial charge in [-0.05, 0) is 44.4 Å². The van der Waals surface area contributed by atoms with Crippen molar-refractivity contribution in [1.29, 1.82) is 0 Å². The molecule has 0 aliphatic carbocycles. The number of hydrogen-bond acceptors (Lipinski definition) is 5. The van der Waals surface area contributed by atoms with Gasteiger partial charge in [0.15, 0.2) is 0 Å². The van der Waals surface area contributed by atoms with E-state index in [2.05, 4.69) is 0 Å². The van der Waals surface area contributed by atoms with E-state index in [-0.39, 0.29) is 6.61 Å². The topological polar surface area (TPSA) is 84.9 Å². The summed E-state index contributed by atoms with van der Waals surface area (Å²) >= 11 is 0. The highest BCUT2D eigenvalue weighted by molar-refractivity contribution is 5.93.